The van der Waals surface area contributed by atoms with Gasteiger partial charge in [-0.05, 0) is 18.6 Å². The number of aryl methyl sites for hydroxylation is 1. The minimum absolute atomic E-state index is 0.0531. The second-order valence-corrected chi connectivity index (χ2v) is 7.03. The van der Waals surface area contributed by atoms with E-state index in [1.54, 1.807) is 0 Å². The number of sulfone groups is 1. The molecular weight excluding hydrogens is 248 g/mol. The van der Waals surface area contributed by atoms with Crippen LogP contribution in [0.4, 0.5) is 0 Å². The molecule has 0 amide bonds. The van der Waals surface area contributed by atoms with Gasteiger partial charge in [0.1, 0.15) is 5.82 Å². The number of benzene rings is 1. The molecule has 0 bridgehead atoms. The maximum absolute atomic E-state index is 11.6. The summed E-state index contributed by atoms with van der Waals surface area (Å²) in [6.45, 7) is 2.06. The molecule has 1 unspecified atom stereocenters. The van der Waals surface area contributed by atoms with Crippen LogP contribution in [0.2, 0.25) is 0 Å². The van der Waals surface area contributed by atoms with E-state index < -0.39 is 9.84 Å². The minimum atomic E-state index is -2.86. The van der Waals surface area contributed by atoms with E-state index in [1.807, 2.05) is 24.3 Å². The van der Waals surface area contributed by atoms with Gasteiger partial charge in [0.2, 0.25) is 0 Å². The standard InChI is InChI=1S/C13H16N2O2S/c1-2-13-14-11-5-3-4-6-12(11)15(13)10-7-8-18(16,17)9-10/h3-6,10H,2,7-9H2,1H3. The van der Waals surface area contributed by atoms with Gasteiger partial charge in [0.15, 0.2) is 9.84 Å². The Kier molecular flexibility index (Phi) is 2.66. The number of aromatic nitrogens is 2. The van der Waals surface area contributed by atoms with Crippen molar-refractivity contribution in [2.75, 3.05) is 11.5 Å². The summed E-state index contributed by atoms with van der Waals surface area (Å²) < 4.78 is 25.4. The summed E-state index contributed by atoms with van der Waals surface area (Å²) in [6, 6.07) is 7.99. The van der Waals surface area contributed by atoms with E-state index >= 15 is 0 Å². The van der Waals surface area contributed by atoms with Crippen molar-refractivity contribution in [3.05, 3.63) is 30.1 Å². The summed E-state index contributed by atoms with van der Waals surface area (Å²) in [5, 5.41) is 0. The number of imidazole rings is 1. The van der Waals surface area contributed by atoms with Crippen molar-refractivity contribution in [3.63, 3.8) is 0 Å². The highest BCUT2D eigenvalue weighted by atomic mass is 32.2. The highest BCUT2D eigenvalue weighted by Crippen LogP contribution is 2.29. The van der Waals surface area contributed by atoms with Crippen molar-refractivity contribution in [3.8, 4) is 0 Å². The van der Waals surface area contributed by atoms with Gasteiger partial charge in [0.05, 0.1) is 28.6 Å². The fraction of sp³-hybridized carbons (Fsp3) is 0.462. The lowest BCUT2D eigenvalue weighted by Gasteiger charge is -2.14. The smallest absolute Gasteiger partial charge is 0.152 e. The van der Waals surface area contributed by atoms with Crippen LogP contribution in [-0.4, -0.2) is 29.5 Å². The molecule has 0 radical (unpaired) electrons. The van der Waals surface area contributed by atoms with Gasteiger partial charge >= 0.3 is 0 Å². The van der Waals surface area contributed by atoms with Crippen molar-refractivity contribution in [1.29, 1.82) is 0 Å². The molecule has 2 aromatic rings. The van der Waals surface area contributed by atoms with E-state index in [9.17, 15) is 8.42 Å². The van der Waals surface area contributed by atoms with Crippen LogP contribution in [0.5, 0.6) is 0 Å². The van der Waals surface area contributed by atoms with Gasteiger partial charge in [0.25, 0.3) is 0 Å². The first kappa shape index (κ1) is 11.7. The van der Waals surface area contributed by atoms with Crippen LogP contribution < -0.4 is 0 Å². The zero-order valence-electron chi connectivity index (χ0n) is 10.3. The number of hydrogen-bond acceptors (Lipinski definition) is 3. The fourth-order valence-corrected chi connectivity index (χ4v) is 4.43. The van der Waals surface area contributed by atoms with Gasteiger partial charge in [-0.3, -0.25) is 0 Å². The molecule has 4 nitrogen and oxygen atoms in total. The Morgan fingerprint density at radius 1 is 1.39 bits per heavy atom. The molecule has 1 atom stereocenters. The molecule has 0 aliphatic carbocycles. The zero-order valence-corrected chi connectivity index (χ0v) is 11.2. The van der Waals surface area contributed by atoms with Crippen molar-refractivity contribution in [2.45, 2.75) is 25.8 Å². The number of hydrogen-bond donors (Lipinski definition) is 0. The monoisotopic (exact) mass is 264 g/mol. The van der Waals surface area contributed by atoms with E-state index in [1.165, 1.54) is 0 Å². The molecule has 0 saturated carbocycles. The van der Waals surface area contributed by atoms with Gasteiger partial charge < -0.3 is 4.57 Å². The molecule has 0 spiro atoms. The Labute approximate surface area is 107 Å². The first-order chi connectivity index (χ1) is 8.61. The van der Waals surface area contributed by atoms with Crippen LogP contribution in [0.15, 0.2) is 24.3 Å². The summed E-state index contributed by atoms with van der Waals surface area (Å²) >= 11 is 0. The first-order valence-electron chi connectivity index (χ1n) is 6.27. The Balaban J connectivity index is 2.16. The predicted molar refractivity (Wildman–Crippen MR) is 71.4 cm³/mol. The number of fused-ring (bicyclic) bond motifs is 1. The summed E-state index contributed by atoms with van der Waals surface area (Å²) in [5.41, 5.74) is 2.01. The van der Waals surface area contributed by atoms with Crippen LogP contribution in [-0.2, 0) is 16.3 Å². The second kappa shape index (κ2) is 4.09. The summed E-state index contributed by atoms with van der Waals surface area (Å²) in [7, 11) is -2.86. The van der Waals surface area contributed by atoms with E-state index in [2.05, 4.69) is 16.5 Å². The molecule has 1 saturated heterocycles. The zero-order chi connectivity index (χ0) is 12.8. The van der Waals surface area contributed by atoms with Crippen LogP contribution in [0.25, 0.3) is 11.0 Å². The third-order valence-electron chi connectivity index (χ3n) is 3.56. The van der Waals surface area contributed by atoms with Crippen molar-refractivity contribution in [1.82, 2.24) is 9.55 Å². The predicted octanol–water partition coefficient (Wildman–Crippen LogP) is 1.96. The normalized spacial score (nSPS) is 22.6. The molecule has 1 aromatic carbocycles. The molecule has 2 heterocycles. The molecule has 18 heavy (non-hydrogen) atoms. The average molecular weight is 264 g/mol. The van der Waals surface area contributed by atoms with Crippen LogP contribution >= 0.6 is 0 Å². The molecule has 1 aliphatic heterocycles. The minimum Gasteiger partial charge on any atom is -0.324 e. The molecular formula is C13H16N2O2S. The quantitative estimate of drug-likeness (QED) is 0.833. The van der Waals surface area contributed by atoms with Gasteiger partial charge in [-0.1, -0.05) is 19.1 Å². The first-order valence-corrected chi connectivity index (χ1v) is 8.09. The molecule has 1 aromatic heterocycles. The fourth-order valence-electron chi connectivity index (χ4n) is 2.73. The Bertz CT molecular complexity index is 688. The highest BCUT2D eigenvalue weighted by Gasteiger charge is 2.31. The average Bonchev–Trinajstić information content (AvgIpc) is 2.88. The maximum atomic E-state index is 11.6. The van der Waals surface area contributed by atoms with Gasteiger partial charge in [0, 0.05) is 6.42 Å². The van der Waals surface area contributed by atoms with Crippen LogP contribution in [0, 0.1) is 0 Å². The summed E-state index contributed by atoms with van der Waals surface area (Å²) in [4.78, 5) is 4.59. The van der Waals surface area contributed by atoms with Gasteiger partial charge in [-0.25, -0.2) is 13.4 Å². The molecule has 3 rings (SSSR count). The Morgan fingerprint density at radius 3 is 2.83 bits per heavy atom. The molecule has 96 valence electrons. The van der Waals surface area contributed by atoms with Crippen molar-refractivity contribution in [2.24, 2.45) is 0 Å². The summed E-state index contributed by atoms with van der Waals surface area (Å²) in [6.07, 6.45) is 1.53. The van der Waals surface area contributed by atoms with Gasteiger partial charge in [-0.15, -0.1) is 0 Å². The third-order valence-corrected chi connectivity index (χ3v) is 5.31. The third kappa shape index (κ3) is 1.82. The molecule has 1 aliphatic rings. The Hall–Kier alpha value is -1.36. The Morgan fingerprint density at radius 2 is 2.17 bits per heavy atom. The van der Waals surface area contributed by atoms with E-state index in [0.717, 1.165) is 23.3 Å². The second-order valence-electron chi connectivity index (χ2n) is 4.80. The lowest BCUT2D eigenvalue weighted by atomic mass is 10.2. The number of nitrogens with zero attached hydrogens (tertiary/aromatic N) is 2. The lowest BCUT2D eigenvalue weighted by molar-refractivity contribution is 0.548. The lowest BCUT2D eigenvalue weighted by Crippen LogP contribution is -2.13. The number of para-hydroxylation sites is 2. The maximum Gasteiger partial charge on any atom is 0.152 e. The van der Waals surface area contributed by atoms with E-state index in [0.29, 0.717) is 12.2 Å². The SMILES string of the molecule is CCc1nc2ccccc2n1C1CCS(=O)(=O)C1. The van der Waals surface area contributed by atoms with Crippen LogP contribution in [0.1, 0.15) is 25.2 Å². The van der Waals surface area contributed by atoms with E-state index in [4.69, 9.17) is 0 Å². The number of rotatable bonds is 2. The van der Waals surface area contributed by atoms with Crippen molar-refractivity contribution < 1.29 is 8.42 Å². The van der Waals surface area contributed by atoms with E-state index in [-0.39, 0.29) is 11.8 Å². The molecule has 0 N–H and O–H groups in total. The highest BCUT2D eigenvalue weighted by molar-refractivity contribution is 7.91. The van der Waals surface area contributed by atoms with Gasteiger partial charge in [-0.2, -0.15) is 0 Å². The summed E-state index contributed by atoms with van der Waals surface area (Å²) in [5.74, 6) is 1.53. The molecule has 1 fully saturated rings. The van der Waals surface area contributed by atoms with Crippen molar-refractivity contribution >= 4 is 20.9 Å². The van der Waals surface area contributed by atoms with Crippen LogP contribution in [0.3, 0.4) is 0 Å². The molecule has 5 heteroatoms. The topological polar surface area (TPSA) is 52.0 Å². The largest absolute Gasteiger partial charge is 0.324 e.